The Bertz CT molecular complexity index is 731. The minimum atomic E-state index is -0.483. The molecule has 0 saturated heterocycles. The monoisotopic (exact) mass is 432 g/mol. The molecule has 1 aromatic rings. The van der Waals surface area contributed by atoms with Crippen molar-refractivity contribution in [3.63, 3.8) is 0 Å². The Morgan fingerprint density at radius 2 is 1.84 bits per heavy atom. The van der Waals surface area contributed by atoms with Gasteiger partial charge < -0.3 is 18.9 Å². The summed E-state index contributed by atoms with van der Waals surface area (Å²) in [5.74, 6) is 0.535. The number of carbonyl (C=O) groups excluding carboxylic acids is 2. The van der Waals surface area contributed by atoms with Gasteiger partial charge in [0.15, 0.2) is 0 Å². The largest absolute Gasteiger partial charge is 0.497 e. The van der Waals surface area contributed by atoms with Crippen LogP contribution in [0.4, 0.5) is 0 Å². The van der Waals surface area contributed by atoms with E-state index in [1.165, 1.54) is 7.11 Å². The van der Waals surface area contributed by atoms with Gasteiger partial charge in [-0.25, -0.2) is 0 Å². The van der Waals surface area contributed by atoms with E-state index in [0.29, 0.717) is 13.0 Å². The van der Waals surface area contributed by atoms with Gasteiger partial charge in [0.2, 0.25) is 0 Å². The van der Waals surface area contributed by atoms with Crippen LogP contribution in [0, 0.1) is 11.8 Å². The van der Waals surface area contributed by atoms with Crippen LogP contribution in [0.3, 0.4) is 0 Å². The van der Waals surface area contributed by atoms with E-state index >= 15 is 0 Å². The Morgan fingerprint density at radius 1 is 1.13 bits per heavy atom. The lowest BCUT2D eigenvalue weighted by molar-refractivity contribution is -0.157. The molecule has 1 saturated carbocycles. The molecule has 2 rings (SSSR count). The zero-order chi connectivity index (χ0) is 22.9. The number of carbonyl (C=O) groups is 2. The van der Waals surface area contributed by atoms with E-state index in [1.807, 2.05) is 45.0 Å². The van der Waals surface area contributed by atoms with Gasteiger partial charge in [-0.3, -0.25) is 9.59 Å². The van der Waals surface area contributed by atoms with Crippen LogP contribution in [0.15, 0.2) is 36.4 Å². The maximum atomic E-state index is 12.4. The molecule has 0 aliphatic heterocycles. The maximum Gasteiger partial charge on any atom is 0.309 e. The van der Waals surface area contributed by atoms with E-state index in [9.17, 15) is 9.59 Å². The molecule has 0 radical (unpaired) electrons. The molecular formula is C25H36O6. The molecule has 0 aromatic heterocycles. The van der Waals surface area contributed by atoms with Crippen molar-refractivity contribution in [3.05, 3.63) is 42.0 Å². The Hall–Kier alpha value is -2.34. The van der Waals surface area contributed by atoms with Gasteiger partial charge in [0.05, 0.1) is 32.8 Å². The molecule has 0 bridgehead atoms. The van der Waals surface area contributed by atoms with Gasteiger partial charge in [0, 0.05) is 6.42 Å². The molecule has 0 unspecified atom stereocenters. The minimum Gasteiger partial charge on any atom is -0.497 e. The molecule has 0 amide bonds. The van der Waals surface area contributed by atoms with Crippen molar-refractivity contribution in [3.8, 4) is 5.75 Å². The second kappa shape index (κ2) is 11.9. The van der Waals surface area contributed by atoms with Crippen LogP contribution in [-0.4, -0.2) is 37.9 Å². The highest BCUT2D eigenvalue weighted by atomic mass is 16.6. The van der Waals surface area contributed by atoms with Gasteiger partial charge in [0.25, 0.3) is 0 Å². The SMILES string of the molecule is COC(=O)CCC/C=C\C[C@H](OCc1ccc(OC)cc1)[C@@H]1C[C@H]1C(=O)OC(C)(C)C. The number of hydrogen-bond acceptors (Lipinski definition) is 6. The molecule has 0 N–H and O–H groups in total. The van der Waals surface area contributed by atoms with Gasteiger partial charge in [0.1, 0.15) is 11.4 Å². The van der Waals surface area contributed by atoms with Gasteiger partial charge in [-0.1, -0.05) is 24.3 Å². The van der Waals surface area contributed by atoms with E-state index < -0.39 is 5.60 Å². The third-order valence-corrected chi connectivity index (χ3v) is 5.16. The fourth-order valence-corrected chi connectivity index (χ4v) is 3.38. The topological polar surface area (TPSA) is 71.1 Å². The second-order valence-corrected chi connectivity index (χ2v) is 8.91. The smallest absolute Gasteiger partial charge is 0.309 e. The van der Waals surface area contributed by atoms with Gasteiger partial charge >= 0.3 is 11.9 Å². The van der Waals surface area contributed by atoms with E-state index in [4.69, 9.17) is 14.2 Å². The lowest BCUT2D eigenvalue weighted by Gasteiger charge is -2.21. The predicted octanol–water partition coefficient (Wildman–Crippen LogP) is 4.85. The van der Waals surface area contributed by atoms with E-state index in [2.05, 4.69) is 16.9 Å². The summed E-state index contributed by atoms with van der Waals surface area (Å²) < 4.78 is 21.6. The minimum absolute atomic E-state index is 0.0588. The molecule has 0 heterocycles. The van der Waals surface area contributed by atoms with Gasteiger partial charge in [-0.05, 0) is 70.1 Å². The van der Waals surface area contributed by atoms with Crippen molar-refractivity contribution in [1.82, 2.24) is 0 Å². The maximum absolute atomic E-state index is 12.4. The highest BCUT2D eigenvalue weighted by Gasteiger charge is 2.49. The lowest BCUT2D eigenvalue weighted by Crippen LogP contribution is -2.26. The molecule has 1 aliphatic carbocycles. The van der Waals surface area contributed by atoms with Crippen molar-refractivity contribution in [2.75, 3.05) is 14.2 Å². The first-order chi connectivity index (χ1) is 14.7. The Kier molecular flexibility index (Phi) is 9.56. The zero-order valence-electron chi connectivity index (χ0n) is 19.4. The zero-order valence-corrected chi connectivity index (χ0v) is 19.4. The predicted molar refractivity (Wildman–Crippen MR) is 119 cm³/mol. The summed E-state index contributed by atoms with van der Waals surface area (Å²) >= 11 is 0. The number of unbranched alkanes of at least 4 members (excludes halogenated alkanes) is 1. The number of hydrogen-bond donors (Lipinski definition) is 0. The third kappa shape index (κ3) is 9.13. The van der Waals surface area contributed by atoms with Crippen molar-refractivity contribution >= 4 is 11.9 Å². The average molecular weight is 433 g/mol. The molecular weight excluding hydrogens is 396 g/mol. The van der Waals surface area contributed by atoms with Crippen LogP contribution in [0.5, 0.6) is 5.75 Å². The summed E-state index contributed by atoms with van der Waals surface area (Å²) in [6, 6.07) is 7.79. The number of rotatable bonds is 12. The Labute approximate surface area is 185 Å². The van der Waals surface area contributed by atoms with E-state index in [1.54, 1.807) is 7.11 Å². The highest BCUT2D eigenvalue weighted by molar-refractivity contribution is 5.76. The molecule has 1 aliphatic rings. The molecule has 31 heavy (non-hydrogen) atoms. The number of benzene rings is 1. The number of allylic oxidation sites excluding steroid dienone is 1. The Morgan fingerprint density at radius 3 is 2.45 bits per heavy atom. The van der Waals surface area contributed by atoms with Crippen LogP contribution in [-0.2, 0) is 30.4 Å². The first-order valence-electron chi connectivity index (χ1n) is 10.9. The molecule has 6 heteroatoms. The molecule has 172 valence electrons. The van der Waals surface area contributed by atoms with Crippen LogP contribution < -0.4 is 4.74 Å². The van der Waals surface area contributed by atoms with Gasteiger partial charge in [-0.2, -0.15) is 0 Å². The van der Waals surface area contributed by atoms with Crippen LogP contribution >= 0.6 is 0 Å². The first-order valence-corrected chi connectivity index (χ1v) is 10.9. The Balaban J connectivity index is 1.90. The van der Waals surface area contributed by atoms with Crippen LogP contribution in [0.1, 0.15) is 58.4 Å². The van der Waals surface area contributed by atoms with E-state index in [-0.39, 0.29) is 29.9 Å². The molecule has 6 nitrogen and oxygen atoms in total. The van der Waals surface area contributed by atoms with Gasteiger partial charge in [-0.15, -0.1) is 0 Å². The lowest BCUT2D eigenvalue weighted by atomic mass is 10.1. The van der Waals surface area contributed by atoms with Crippen molar-refractivity contribution in [2.45, 2.75) is 71.2 Å². The number of esters is 2. The third-order valence-electron chi connectivity index (χ3n) is 5.16. The first kappa shape index (κ1) is 24.9. The van der Waals surface area contributed by atoms with E-state index in [0.717, 1.165) is 37.0 Å². The normalized spacial score (nSPS) is 19.1. The van der Waals surface area contributed by atoms with Crippen molar-refractivity contribution in [1.29, 1.82) is 0 Å². The molecule has 1 aromatic carbocycles. The van der Waals surface area contributed by atoms with Crippen molar-refractivity contribution in [2.24, 2.45) is 11.8 Å². The summed E-state index contributed by atoms with van der Waals surface area (Å²) in [7, 11) is 3.04. The summed E-state index contributed by atoms with van der Waals surface area (Å²) in [6.45, 7) is 6.13. The molecule has 1 fully saturated rings. The summed E-state index contributed by atoms with van der Waals surface area (Å²) in [5.41, 5.74) is 0.575. The fourth-order valence-electron chi connectivity index (χ4n) is 3.38. The summed E-state index contributed by atoms with van der Waals surface area (Å²) in [4.78, 5) is 23.6. The van der Waals surface area contributed by atoms with Crippen LogP contribution in [0.25, 0.3) is 0 Å². The summed E-state index contributed by atoms with van der Waals surface area (Å²) in [5, 5.41) is 0. The number of methoxy groups -OCH3 is 2. The molecule has 3 atom stereocenters. The number of ether oxygens (including phenoxy) is 4. The average Bonchev–Trinajstić information content (AvgIpc) is 3.52. The second-order valence-electron chi connectivity index (χ2n) is 8.91. The quantitative estimate of drug-likeness (QED) is 0.267. The van der Waals surface area contributed by atoms with Crippen LogP contribution in [0.2, 0.25) is 0 Å². The fraction of sp³-hybridized carbons (Fsp3) is 0.600. The molecule has 0 spiro atoms. The van der Waals surface area contributed by atoms with Crippen molar-refractivity contribution < 1.29 is 28.5 Å². The summed E-state index contributed by atoms with van der Waals surface area (Å²) in [6.07, 6.45) is 7.58. The highest BCUT2D eigenvalue weighted by Crippen LogP contribution is 2.45. The standard InChI is InChI=1S/C25H36O6/c1-25(2,3)31-24(27)21-16-20(21)22(10-8-6-7-9-11-23(26)29-5)30-17-18-12-14-19(28-4)15-13-18/h6,8,12-15,20-22H,7,9-11,16-17H2,1-5H3/b8-6-/t20-,21-,22+/m1/s1.